The molecule has 2 rings (SSSR count). The molecule has 0 aliphatic carbocycles. The van der Waals surface area contributed by atoms with Crippen molar-refractivity contribution in [3.63, 3.8) is 0 Å². The third-order valence-corrected chi connectivity index (χ3v) is 2.99. The van der Waals surface area contributed by atoms with Crippen molar-refractivity contribution in [1.29, 1.82) is 0 Å². The molecule has 0 unspecified atom stereocenters. The van der Waals surface area contributed by atoms with Crippen molar-refractivity contribution in [3.8, 4) is 5.75 Å². The van der Waals surface area contributed by atoms with E-state index in [0.717, 1.165) is 19.1 Å². The molecule has 118 valence electrons. The van der Waals surface area contributed by atoms with E-state index in [9.17, 15) is 26.3 Å². The topological polar surface area (TPSA) is 9.23 Å². The first-order valence-electron chi connectivity index (χ1n) is 6.10. The number of hydrogen-bond acceptors (Lipinski definition) is 1. The molecule has 0 fully saturated rings. The second kappa shape index (κ2) is 5.55. The fraction of sp³-hybridized carbons (Fsp3) is 0.200. The van der Waals surface area contributed by atoms with Crippen LogP contribution >= 0.6 is 0 Å². The van der Waals surface area contributed by atoms with Gasteiger partial charge in [-0.3, -0.25) is 0 Å². The Morgan fingerprint density at radius 3 is 1.68 bits per heavy atom. The molecule has 0 N–H and O–H groups in total. The summed E-state index contributed by atoms with van der Waals surface area (Å²) in [7, 11) is 0. The van der Waals surface area contributed by atoms with E-state index < -0.39 is 46.3 Å². The largest absolute Gasteiger partial charge is 0.427 e. The van der Waals surface area contributed by atoms with Crippen LogP contribution in [0.3, 0.4) is 0 Å². The summed E-state index contributed by atoms with van der Waals surface area (Å²) in [5, 5.41) is 0. The van der Waals surface area contributed by atoms with Gasteiger partial charge in [0, 0.05) is 5.56 Å². The fourth-order valence-electron chi connectivity index (χ4n) is 1.78. The highest BCUT2D eigenvalue weighted by Crippen LogP contribution is 2.35. The zero-order chi connectivity index (χ0) is 16.7. The summed E-state index contributed by atoms with van der Waals surface area (Å²) in [5.74, 6) is -6.45. The van der Waals surface area contributed by atoms with E-state index in [-0.39, 0.29) is 5.56 Å². The van der Waals surface area contributed by atoms with Gasteiger partial charge in [0.05, 0.1) is 5.56 Å². The highest BCUT2D eigenvalue weighted by Gasteiger charge is 2.38. The molecule has 7 heteroatoms. The molecule has 0 aliphatic rings. The third-order valence-electron chi connectivity index (χ3n) is 2.99. The van der Waals surface area contributed by atoms with Crippen LogP contribution in [0.5, 0.6) is 5.75 Å². The van der Waals surface area contributed by atoms with E-state index in [1.165, 1.54) is 6.92 Å². The molecule has 0 amide bonds. The second-order valence-corrected chi connectivity index (χ2v) is 4.74. The molecule has 0 atom stereocenters. The predicted octanol–water partition coefficient (Wildman–Crippen LogP) is 4.99. The number of ether oxygens (including phenoxy) is 1. The summed E-state index contributed by atoms with van der Waals surface area (Å²) in [6.45, 7) is 2.42. The molecule has 0 radical (unpaired) electrons. The molecule has 0 heterocycles. The normalized spacial score (nSPS) is 11.6. The van der Waals surface area contributed by atoms with Gasteiger partial charge >= 0.3 is 6.11 Å². The summed E-state index contributed by atoms with van der Waals surface area (Å²) in [6.07, 6.45) is -4.31. The predicted molar refractivity (Wildman–Crippen MR) is 66.7 cm³/mol. The Labute approximate surface area is 122 Å². The van der Waals surface area contributed by atoms with Crippen LogP contribution in [-0.2, 0) is 6.11 Å². The lowest BCUT2D eigenvalue weighted by Crippen LogP contribution is -2.24. The number of rotatable bonds is 3. The standard InChI is InChI=1S/C15H10F6O/c1-7-3-12(18)14(13(19)4-7)22-15(20,21)9-5-10(16)8(2)11(17)6-9/h3-6H,1-2H3. The fourth-order valence-corrected chi connectivity index (χ4v) is 1.78. The van der Waals surface area contributed by atoms with Crippen molar-refractivity contribution < 1.29 is 31.1 Å². The minimum Gasteiger partial charge on any atom is -0.423 e. The van der Waals surface area contributed by atoms with E-state index in [0.29, 0.717) is 12.1 Å². The lowest BCUT2D eigenvalue weighted by molar-refractivity contribution is -0.188. The molecule has 2 aromatic carbocycles. The summed E-state index contributed by atoms with van der Waals surface area (Å²) in [4.78, 5) is 0. The maximum Gasteiger partial charge on any atom is 0.427 e. The quantitative estimate of drug-likeness (QED) is 0.724. The van der Waals surface area contributed by atoms with E-state index in [4.69, 9.17) is 0 Å². The molecule has 22 heavy (non-hydrogen) atoms. The van der Waals surface area contributed by atoms with Crippen molar-refractivity contribution in [2.45, 2.75) is 20.0 Å². The zero-order valence-electron chi connectivity index (χ0n) is 11.5. The number of hydrogen-bond donors (Lipinski definition) is 0. The number of aryl methyl sites for hydroxylation is 1. The maximum atomic E-state index is 13.9. The Hall–Kier alpha value is -2.18. The second-order valence-electron chi connectivity index (χ2n) is 4.74. The summed E-state index contributed by atoms with van der Waals surface area (Å²) in [6, 6.07) is 2.29. The first-order chi connectivity index (χ1) is 10.1. The van der Waals surface area contributed by atoms with E-state index in [1.54, 1.807) is 0 Å². The summed E-state index contributed by atoms with van der Waals surface area (Å²) in [5.41, 5.74) is -1.47. The molecule has 0 spiro atoms. The molecule has 0 bridgehead atoms. The molecule has 2 aromatic rings. The van der Waals surface area contributed by atoms with Gasteiger partial charge in [-0.25, -0.2) is 17.6 Å². The SMILES string of the molecule is Cc1cc(F)c(OC(F)(F)c2cc(F)c(C)c(F)c2)c(F)c1. The monoisotopic (exact) mass is 320 g/mol. The van der Waals surface area contributed by atoms with Crippen LogP contribution in [0.15, 0.2) is 24.3 Å². The highest BCUT2D eigenvalue weighted by molar-refractivity contribution is 5.33. The van der Waals surface area contributed by atoms with Gasteiger partial charge in [-0.1, -0.05) is 0 Å². The molecule has 0 aromatic heterocycles. The van der Waals surface area contributed by atoms with Gasteiger partial charge in [-0.2, -0.15) is 8.78 Å². The molecule has 0 saturated carbocycles. The van der Waals surface area contributed by atoms with Crippen molar-refractivity contribution in [3.05, 3.63) is 64.2 Å². The number of benzene rings is 2. The van der Waals surface area contributed by atoms with Gasteiger partial charge in [0.2, 0.25) is 0 Å². The van der Waals surface area contributed by atoms with Crippen molar-refractivity contribution >= 4 is 0 Å². The first-order valence-corrected chi connectivity index (χ1v) is 6.10. The summed E-state index contributed by atoms with van der Waals surface area (Å²) < 4.78 is 85.6. The lowest BCUT2D eigenvalue weighted by Gasteiger charge is -2.19. The van der Waals surface area contributed by atoms with Crippen molar-refractivity contribution in [2.75, 3.05) is 0 Å². The molecule has 0 aliphatic heterocycles. The van der Waals surface area contributed by atoms with E-state index >= 15 is 0 Å². The van der Waals surface area contributed by atoms with Crippen LogP contribution in [0.1, 0.15) is 16.7 Å². The maximum absolute atomic E-state index is 13.9. The van der Waals surface area contributed by atoms with Gasteiger partial charge in [0.25, 0.3) is 0 Å². The van der Waals surface area contributed by atoms with Crippen LogP contribution in [0.4, 0.5) is 26.3 Å². The number of halogens is 6. The van der Waals surface area contributed by atoms with Crippen LogP contribution in [0.2, 0.25) is 0 Å². The Bertz CT molecular complexity index is 680. The Balaban J connectivity index is 2.44. The van der Waals surface area contributed by atoms with Gasteiger partial charge in [-0.05, 0) is 43.7 Å². The smallest absolute Gasteiger partial charge is 0.423 e. The van der Waals surface area contributed by atoms with E-state index in [2.05, 4.69) is 4.74 Å². The average Bonchev–Trinajstić information content (AvgIpc) is 2.39. The van der Waals surface area contributed by atoms with Crippen LogP contribution in [0, 0.1) is 37.1 Å². The highest BCUT2D eigenvalue weighted by atomic mass is 19.3. The van der Waals surface area contributed by atoms with Crippen LogP contribution < -0.4 is 4.74 Å². The Kier molecular flexibility index (Phi) is 4.08. The van der Waals surface area contributed by atoms with Crippen LogP contribution in [-0.4, -0.2) is 0 Å². The number of alkyl halides is 2. The molecular formula is C15H10F6O. The third kappa shape index (κ3) is 3.03. The van der Waals surface area contributed by atoms with Gasteiger partial charge in [0.1, 0.15) is 11.6 Å². The molecule has 0 saturated heterocycles. The van der Waals surface area contributed by atoms with Gasteiger partial charge < -0.3 is 4.74 Å². The first kappa shape index (κ1) is 16.2. The Morgan fingerprint density at radius 1 is 0.773 bits per heavy atom. The van der Waals surface area contributed by atoms with Gasteiger partial charge in [0.15, 0.2) is 17.4 Å². The molecule has 1 nitrogen and oxygen atoms in total. The molecular weight excluding hydrogens is 310 g/mol. The Morgan fingerprint density at radius 2 is 1.23 bits per heavy atom. The van der Waals surface area contributed by atoms with Gasteiger partial charge in [-0.15, -0.1) is 0 Å². The van der Waals surface area contributed by atoms with Crippen LogP contribution in [0.25, 0.3) is 0 Å². The van der Waals surface area contributed by atoms with Crippen molar-refractivity contribution in [1.82, 2.24) is 0 Å². The van der Waals surface area contributed by atoms with Crippen molar-refractivity contribution in [2.24, 2.45) is 0 Å². The van der Waals surface area contributed by atoms with E-state index in [1.807, 2.05) is 0 Å². The minimum atomic E-state index is -4.31. The minimum absolute atomic E-state index is 0.165. The lowest BCUT2D eigenvalue weighted by atomic mass is 10.1. The zero-order valence-corrected chi connectivity index (χ0v) is 11.5. The summed E-state index contributed by atoms with van der Waals surface area (Å²) >= 11 is 0. The average molecular weight is 320 g/mol.